The van der Waals surface area contributed by atoms with Crippen LogP contribution in [0.4, 0.5) is 5.69 Å². The van der Waals surface area contributed by atoms with Crippen LogP contribution in [-0.4, -0.2) is 10.1 Å². The first kappa shape index (κ1) is 13.5. The van der Waals surface area contributed by atoms with Gasteiger partial charge in [0, 0.05) is 5.69 Å². The molecule has 2 aromatic carbocycles. The molecule has 1 aromatic heterocycles. The third-order valence-corrected chi connectivity index (χ3v) is 3.63. The van der Waals surface area contributed by atoms with Crippen molar-refractivity contribution in [3.8, 4) is 17.2 Å². The largest absolute Gasteiger partial charge is 0.507 e. The second kappa shape index (κ2) is 4.81. The van der Waals surface area contributed by atoms with Gasteiger partial charge in [-0.1, -0.05) is 19.9 Å². The third-order valence-electron chi connectivity index (χ3n) is 3.63. The van der Waals surface area contributed by atoms with Gasteiger partial charge in [-0.05, 0) is 48.2 Å². The minimum atomic E-state index is 0.153. The lowest BCUT2D eigenvalue weighted by Crippen LogP contribution is -1.89. The highest BCUT2D eigenvalue weighted by molar-refractivity contribution is 5.79. The van der Waals surface area contributed by atoms with Crippen molar-refractivity contribution in [3.63, 3.8) is 0 Å². The smallest absolute Gasteiger partial charge is 0.231 e. The van der Waals surface area contributed by atoms with E-state index in [1.807, 2.05) is 18.2 Å². The topological polar surface area (TPSA) is 72.3 Å². The number of nitrogens with two attached hydrogens (primary N) is 1. The minimum absolute atomic E-state index is 0.153. The molecule has 0 aliphatic rings. The van der Waals surface area contributed by atoms with Crippen molar-refractivity contribution in [3.05, 3.63) is 41.5 Å². The molecule has 0 unspecified atom stereocenters. The van der Waals surface area contributed by atoms with E-state index in [0.29, 0.717) is 34.2 Å². The number of nitrogens with zero attached hydrogens (tertiary/aromatic N) is 1. The highest BCUT2D eigenvalue weighted by atomic mass is 16.3. The minimum Gasteiger partial charge on any atom is -0.507 e. The van der Waals surface area contributed by atoms with E-state index in [1.54, 1.807) is 19.1 Å². The van der Waals surface area contributed by atoms with E-state index in [4.69, 9.17) is 10.2 Å². The van der Waals surface area contributed by atoms with Gasteiger partial charge >= 0.3 is 0 Å². The van der Waals surface area contributed by atoms with E-state index in [0.717, 1.165) is 5.52 Å². The summed E-state index contributed by atoms with van der Waals surface area (Å²) in [5.41, 5.74) is 10.3. The normalized spacial score (nSPS) is 11.4. The molecule has 0 saturated heterocycles. The summed E-state index contributed by atoms with van der Waals surface area (Å²) in [4.78, 5) is 4.49. The van der Waals surface area contributed by atoms with Crippen LogP contribution in [0.3, 0.4) is 0 Å². The van der Waals surface area contributed by atoms with E-state index in [1.165, 1.54) is 5.56 Å². The van der Waals surface area contributed by atoms with Crippen molar-refractivity contribution < 1.29 is 9.52 Å². The first-order valence-corrected chi connectivity index (χ1v) is 6.95. The Labute approximate surface area is 123 Å². The summed E-state index contributed by atoms with van der Waals surface area (Å²) >= 11 is 0. The first-order chi connectivity index (χ1) is 9.95. The molecule has 3 aromatic rings. The van der Waals surface area contributed by atoms with Crippen LogP contribution in [0.1, 0.15) is 30.9 Å². The van der Waals surface area contributed by atoms with Gasteiger partial charge in [-0.3, -0.25) is 0 Å². The zero-order valence-corrected chi connectivity index (χ0v) is 12.3. The summed E-state index contributed by atoms with van der Waals surface area (Å²) in [5.74, 6) is 0.969. The van der Waals surface area contributed by atoms with Crippen molar-refractivity contribution in [2.24, 2.45) is 0 Å². The number of aryl methyl sites for hydroxylation is 1. The Morgan fingerprint density at radius 3 is 2.67 bits per heavy atom. The lowest BCUT2D eigenvalue weighted by molar-refractivity contribution is 0.470. The molecule has 108 valence electrons. The number of rotatable bonds is 2. The molecule has 3 N–H and O–H groups in total. The van der Waals surface area contributed by atoms with Gasteiger partial charge in [-0.25, -0.2) is 4.98 Å². The van der Waals surface area contributed by atoms with Gasteiger partial charge in [0.15, 0.2) is 5.58 Å². The first-order valence-electron chi connectivity index (χ1n) is 6.95. The molecule has 0 fully saturated rings. The Kier molecular flexibility index (Phi) is 3.09. The van der Waals surface area contributed by atoms with Crippen LogP contribution in [0.5, 0.6) is 5.75 Å². The van der Waals surface area contributed by atoms with Gasteiger partial charge in [0.25, 0.3) is 0 Å². The Morgan fingerprint density at radius 2 is 1.95 bits per heavy atom. The Hall–Kier alpha value is -2.49. The standard InChI is InChI=1S/C17H18N2O2/c1-9(2)11-4-5-15-14(7-11)19-17(21-15)13-8-12(18)6-10(3)16(13)20/h4-9,20H,18H2,1-3H3. The number of hydrogen-bond donors (Lipinski definition) is 2. The summed E-state index contributed by atoms with van der Waals surface area (Å²) in [6, 6.07) is 9.36. The van der Waals surface area contributed by atoms with Crippen molar-refractivity contribution in [1.82, 2.24) is 4.98 Å². The van der Waals surface area contributed by atoms with Gasteiger partial charge in [-0.2, -0.15) is 0 Å². The fraction of sp³-hybridized carbons (Fsp3) is 0.235. The monoisotopic (exact) mass is 282 g/mol. The summed E-state index contributed by atoms with van der Waals surface area (Å²) in [6.07, 6.45) is 0. The van der Waals surface area contributed by atoms with Crippen molar-refractivity contribution in [1.29, 1.82) is 0 Å². The molecule has 0 spiro atoms. The molecule has 1 heterocycles. The summed E-state index contributed by atoms with van der Waals surface area (Å²) < 4.78 is 5.75. The molecular weight excluding hydrogens is 264 g/mol. The van der Waals surface area contributed by atoms with Gasteiger partial charge in [0.2, 0.25) is 5.89 Å². The van der Waals surface area contributed by atoms with Gasteiger partial charge in [-0.15, -0.1) is 0 Å². The number of fused-ring (bicyclic) bond motifs is 1. The lowest BCUT2D eigenvalue weighted by Gasteiger charge is -2.05. The fourth-order valence-electron chi connectivity index (χ4n) is 2.39. The van der Waals surface area contributed by atoms with Gasteiger partial charge in [0.1, 0.15) is 11.3 Å². The van der Waals surface area contributed by atoms with Crippen LogP contribution in [0.2, 0.25) is 0 Å². The molecule has 0 amide bonds. The molecule has 21 heavy (non-hydrogen) atoms. The van der Waals surface area contributed by atoms with Crippen molar-refractivity contribution >= 4 is 16.8 Å². The maximum absolute atomic E-state index is 10.2. The predicted octanol–water partition coefficient (Wildman–Crippen LogP) is 4.21. The number of phenolic OH excluding ortho intramolecular Hbond substituents is 1. The molecule has 0 radical (unpaired) electrons. The Bertz CT molecular complexity index is 819. The second-order valence-corrected chi connectivity index (χ2v) is 5.63. The van der Waals surface area contributed by atoms with Gasteiger partial charge in [0.05, 0.1) is 5.56 Å². The van der Waals surface area contributed by atoms with Crippen molar-refractivity contribution in [2.75, 3.05) is 5.73 Å². The van der Waals surface area contributed by atoms with Crippen LogP contribution in [0.15, 0.2) is 34.7 Å². The Morgan fingerprint density at radius 1 is 1.19 bits per heavy atom. The highest BCUT2D eigenvalue weighted by Gasteiger charge is 2.15. The number of aromatic hydroxyl groups is 1. The molecule has 0 saturated carbocycles. The van der Waals surface area contributed by atoms with Crippen LogP contribution in [0.25, 0.3) is 22.6 Å². The van der Waals surface area contributed by atoms with E-state index >= 15 is 0 Å². The number of oxazole rings is 1. The maximum atomic E-state index is 10.2. The lowest BCUT2D eigenvalue weighted by atomic mass is 10.0. The average Bonchev–Trinajstić information content (AvgIpc) is 2.85. The van der Waals surface area contributed by atoms with E-state index in [2.05, 4.69) is 18.8 Å². The molecule has 4 heteroatoms. The summed E-state index contributed by atoms with van der Waals surface area (Å²) in [7, 11) is 0. The maximum Gasteiger partial charge on any atom is 0.231 e. The molecule has 0 bridgehead atoms. The van der Waals surface area contributed by atoms with E-state index in [-0.39, 0.29) is 5.75 Å². The summed E-state index contributed by atoms with van der Waals surface area (Å²) in [5, 5.41) is 10.2. The molecule has 0 aliphatic heterocycles. The zero-order chi connectivity index (χ0) is 15.1. The van der Waals surface area contributed by atoms with Crippen molar-refractivity contribution in [2.45, 2.75) is 26.7 Å². The van der Waals surface area contributed by atoms with Crippen LogP contribution < -0.4 is 5.73 Å². The average molecular weight is 282 g/mol. The number of hydrogen-bond acceptors (Lipinski definition) is 4. The van der Waals surface area contributed by atoms with E-state index < -0.39 is 0 Å². The molecule has 0 atom stereocenters. The third kappa shape index (κ3) is 2.33. The number of benzene rings is 2. The SMILES string of the molecule is Cc1cc(N)cc(-c2nc3cc(C(C)C)ccc3o2)c1O. The number of aromatic nitrogens is 1. The highest BCUT2D eigenvalue weighted by Crippen LogP contribution is 2.35. The predicted molar refractivity (Wildman–Crippen MR) is 84.3 cm³/mol. The Balaban J connectivity index is 2.17. The quantitative estimate of drug-likeness (QED) is 0.545. The molecule has 3 rings (SSSR count). The van der Waals surface area contributed by atoms with Crippen LogP contribution >= 0.6 is 0 Å². The molecule has 4 nitrogen and oxygen atoms in total. The number of nitrogen functional groups attached to an aromatic ring is 1. The van der Waals surface area contributed by atoms with Crippen LogP contribution in [-0.2, 0) is 0 Å². The summed E-state index contributed by atoms with van der Waals surface area (Å²) in [6.45, 7) is 6.07. The second-order valence-electron chi connectivity index (χ2n) is 5.63. The zero-order valence-electron chi connectivity index (χ0n) is 12.3. The van der Waals surface area contributed by atoms with E-state index in [9.17, 15) is 5.11 Å². The van der Waals surface area contributed by atoms with Gasteiger partial charge < -0.3 is 15.3 Å². The van der Waals surface area contributed by atoms with Crippen LogP contribution in [0, 0.1) is 6.92 Å². The molecule has 0 aliphatic carbocycles. The number of phenols is 1. The number of anilines is 1. The molecular formula is C17H18N2O2. The fourth-order valence-corrected chi connectivity index (χ4v) is 2.39.